The van der Waals surface area contributed by atoms with Gasteiger partial charge in [-0.05, 0) is 32.9 Å². The molecule has 0 aliphatic rings. The highest BCUT2D eigenvalue weighted by molar-refractivity contribution is 7.56. The van der Waals surface area contributed by atoms with Crippen molar-refractivity contribution in [3.05, 3.63) is 42.7 Å². The summed E-state index contributed by atoms with van der Waals surface area (Å²) in [5.41, 5.74) is 7.96. The summed E-state index contributed by atoms with van der Waals surface area (Å²) >= 11 is 0. The number of oxime groups is 1. The number of anilines is 1. The summed E-state index contributed by atoms with van der Waals surface area (Å²) in [6.07, 6.45) is 5.19. The van der Waals surface area contributed by atoms with Crippen LogP contribution in [0.25, 0.3) is 11.2 Å². The largest absolute Gasteiger partial charge is 0.480 e. The number of pyridine rings is 1. The van der Waals surface area contributed by atoms with Gasteiger partial charge in [0.2, 0.25) is 0 Å². The first-order valence-electron chi connectivity index (χ1n) is 9.95. The van der Waals surface area contributed by atoms with Crippen molar-refractivity contribution in [1.82, 2.24) is 29.6 Å². The van der Waals surface area contributed by atoms with Gasteiger partial charge in [-0.1, -0.05) is 5.16 Å². The van der Waals surface area contributed by atoms with E-state index in [2.05, 4.69) is 30.2 Å². The van der Waals surface area contributed by atoms with Crippen LogP contribution in [-0.4, -0.2) is 59.8 Å². The van der Waals surface area contributed by atoms with Crippen molar-refractivity contribution in [2.45, 2.75) is 39.5 Å². The predicted molar refractivity (Wildman–Crippen MR) is 121 cm³/mol. The number of nitrogens with one attached hydrogen (secondary N) is 1. The van der Waals surface area contributed by atoms with E-state index in [1.807, 2.05) is 0 Å². The Morgan fingerprint density at radius 2 is 2.03 bits per heavy atom. The Bertz CT molecular complexity index is 1190. The predicted octanol–water partition coefficient (Wildman–Crippen LogP) is 1.86. The molecule has 0 aliphatic heterocycles. The average Bonchev–Trinajstić information content (AvgIpc) is 3.21. The molecule has 33 heavy (non-hydrogen) atoms. The number of nitrogens with zero attached hydrogens (tertiary/aromatic N) is 6. The second-order valence-corrected chi connectivity index (χ2v) is 9.32. The molecule has 3 heterocycles. The van der Waals surface area contributed by atoms with Crippen LogP contribution in [0.3, 0.4) is 0 Å². The Morgan fingerprint density at radius 1 is 1.30 bits per heavy atom. The molecule has 0 bridgehead atoms. The second-order valence-electron chi connectivity index (χ2n) is 7.29. The van der Waals surface area contributed by atoms with E-state index in [0.717, 1.165) is 0 Å². The van der Waals surface area contributed by atoms with E-state index < -0.39 is 32.0 Å². The van der Waals surface area contributed by atoms with Crippen LogP contribution < -0.4 is 10.8 Å². The summed E-state index contributed by atoms with van der Waals surface area (Å²) in [5, 5.41) is 15.6. The van der Waals surface area contributed by atoms with Crippen molar-refractivity contribution in [3.63, 3.8) is 0 Å². The molecule has 0 saturated heterocycles. The van der Waals surface area contributed by atoms with E-state index in [1.54, 1.807) is 49.3 Å². The van der Waals surface area contributed by atoms with Gasteiger partial charge in [0, 0.05) is 18.0 Å². The smallest absolute Gasteiger partial charge is 0.364 e. The summed E-state index contributed by atoms with van der Waals surface area (Å²) < 4.78 is 26.1. The number of hydrogen-bond acceptors (Lipinski definition) is 10. The summed E-state index contributed by atoms with van der Waals surface area (Å²) in [6.45, 7) is 5.10. The highest BCUT2D eigenvalue weighted by Gasteiger charge is 2.31. The Hall–Kier alpha value is -3.41. The van der Waals surface area contributed by atoms with Crippen molar-refractivity contribution in [2.24, 2.45) is 5.16 Å². The Labute approximate surface area is 189 Å². The van der Waals surface area contributed by atoms with Crippen LogP contribution in [0, 0.1) is 0 Å². The number of aliphatic carboxylic acids is 1. The van der Waals surface area contributed by atoms with Crippen molar-refractivity contribution in [1.29, 1.82) is 0 Å². The lowest BCUT2D eigenvalue weighted by atomic mass is 10.2. The number of ether oxygens (including phenoxy) is 1. The molecule has 176 valence electrons. The van der Waals surface area contributed by atoms with E-state index in [9.17, 15) is 14.5 Å². The third-order valence-corrected chi connectivity index (χ3v) is 6.20. The monoisotopic (exact) mass is 476 g/mol. The van der Waals surface area contributed by atoms with E-state index in [-0.39, 0.29) is 5.82 Å². The number of rotatable bonds is 11. The third kappa shape index (κ3) is 6.31. The number of aromatic nitrogens is 5. The van der Waals surface area contributed by atoms with Crippen LogP contribution in [0.2, 0.25) is 0 Å². The maximum atomic E-state index is 13.3. The average molecular weight is 476 g/mol. The topological polar surface area (TPSA) is 180 Å². The zero-order chi connectivity index (χ0) is 24.0. The summed E-state index contributed by atoms with van der Waals surface area (Å²) in [7, 11) is -3.83. The minimum Gasteiger partial charge on any atom is -0.480 e. The van der Waals surface area contributed by atoms with E-state index in [0.29, 0.717) is 29.0 Å². The molecule has 0 spiro atoms. The first kappa shape index (κ1) is 24.2. The number of carboxylic acids is 1. The van der Waals surface area contributed by atoms with Gasteiger partial charge in [0.1, 0.15) is 24.2 Å². The standard InChI is InChI=1S/C19H25N8O5P/c1-12(8-27-10-24-16-17(20)22-9-23-18(16)27)31-11-33(30,26-14(3)19(28)29)32-25-13(2)15-4-6-21-7-5-15/h4-7,9-10,12,14H,8,11H2,1-3H3,(H,26,30)(H,28,29)(H2,20,22,23)/b25-13+/t12-,14-,33?/m0/s1. The number of nitrogens with two attached hydrogens (primary N) is 1. The normalized spacial score (nSPS) is 15.7. The number of fused-ring (bicyclic) bond motifs is 1. The lowest BCUT2D eigenvalue weighted by Crippen LogP contribution is -2.33. The van der Waals surface area contributed by atoms with Gasteiger partial charge in [-0.2, -0.15) is 0 Å². The molecular formula is C19H25N8O5P. The van der Waals surface area contributed by atoms with Crippen molar-refractivity contribution >= 4 is 36.2 Å². The van der Waals surface area contributed by atoms with Crippen LogP contribution >= 0.6 is 7.52 Å². The van der Waals surface area contributed by atoms with Gasteiger partial charge in [0.25, 0.3) is 0 Å². The number of hydrogen-bond donors (Lipinski definition) is 3. The van der Waals surface area contributed by atoms with E-state index in [4.69, 9.17) is 15.1 Å². The Kier molecular flexibility index (Phi) is 7.69. The summed E-state index contributed by atoms with van der Waals surface area (Å²) in [4.78, 5) is 27.5. The fourth-order valence-electron chi connectivity index (χ4n) is 2.80. The Balaban J connectivity index is 1.70. The maximum Gasteiger partial charge on any atom is 0.364 e. The van der Waals surface area contributed by atoms with Gasteiger partial charge in [-0.3, -0.25) is 14.3 Å². The van der Waals surface area contributed by atoms with E-state index in [1.165, 1.54) is 13.3 Å². The minimum absolute atomic E-state index is 0.263. The zero-order valence-corrected chi connectivity index (χ0v) is 19.2. The molecule has 0 saturated carbocycles. The molecule has 3 rings (SSSR count). The zero-order valence-electron chi connectivity index (χ0n) is 18.3. The second kappa shape index (κ2) is 10.5. The highest BCUT2D eigenvalue weighted by Crippen LogP contribution is 2.44. The highest BCUT2D eigenvalue weighted by atomic mass is 31.2. The molecule has 0 aromatic carbocycles. The molecule has 4 N–H and O–H groups in total. The van der Waals surface area contributed by atoms with Gasteiger partial charge in [0.05, 0.1) is 24.7 Å². The molecular weight excluding hydrogens is 451 g/mol. The van der Waals surface area contributed by atoms with Crippen LogP contribution in [-0.2, 0) is 25.3 Å². The molecule has 1 unspecified atom stereocenters. The lowest BCUT2D eigenvalue weighted by molar-refractivity contribution is -0.138. The Morgan fingerprint density at radius 3 is 2.73 bits per heavy atom. The van der Waals surface area contributed by atoms with Crippen LogP contribution in [0.15, 0.2) is 42.3 Å². The minimum atomic E-state index is -3.83. The molecule has 3 aromatic rings. The molecule has 0 radical (unpaired) electrons. The first-order valence-corrected chi connectivity index (χ1v) is 11.8. The number of imidazole rings is 1. The van der Waals surface area contributed by atoms with Gasteiger partial charge >= 0.3 is 13.5 Å². The lowest BCUT2D eigenvalue weighted by Gasteiger charge is -2.22. The van der Waals surface area contributed by atoms with E-state index >= 15 is 0 Å². The van der Waals surface area contributed by atoms with Crippen LogP contribution in [0.1, 0.15) is 26.3 Å². The van der Waals surface area contributed by atoms with Gasteiger partial charge in [-0.15, -0.1) is 0 Å². The SMILES string of the molecule is C/C(=N\OP(=O)(CO[C@@H](C)Cn1cnc2c(N)ncnc21)N[C@@H](C)C(=O)O)c1ccncc1. The number of nitrogen functional groups attached to an aromatic ring is 1. The quantitative estimate of drug-likeness (QED) is 0.209. The van der Waals surface area contributed by atoms with Crippen LogP contribution in [0.5, 0.6) is 0 Å². The van der Waals surface area contributed by atoms with Crippen molar-refractivity contribution < 1.29 is 23.8 Å². The maximum absolute atomic E-state index is 13.3. The van der Waals surface area contributed by atoms with Crippen LogP contribution in [0.4, 0.5) is 5.82 Å². The molecule has 13 nitrogen and oxygen atoms in total. The number of carboxylic acid groups (broad SMARTS) is 1. The van der Waals surface area contributed by atoms with Gasteiger partial charge in [0.15, 0.2) is 11.5 Å². The fourth-order valence-corrected chi connectivity index (χ4v) is 4.37. The number of carbonyl (C=O) groups is 1. The van der Waals surface area contributed by atoms with Gasteiger partial charge in [-0.25, -0.2) is 20.0 Å². The molecule has 3 aromatic heterocycles. The fraction of sp³-hybridized carbons (Fsp3) is 0.368. The molecule has 3 atom stereocenters. The first-order chi connectivity index (χ1) is 15.7. The summed E-state index contributed by atoms with van der Waals surface area (Å²) in [5.74, 6) is -0.927. The van der Waals surface area contributed by atoms with Crippen molar-refractivity contribution in [3.8, 4) is 0 Å². The summed E-state index contributed by atoms with van der Waals surface area (Å²) in [6, 6.07) is 2.28. The molecule has 0 aliphatic carbocycles. The van der Waals surface area contributed by atoms with Crippen molar-refractivity contribution in [2.75, 3.05) is 12.1 Å². The molecule has 0 amide bonds. The molecule has 0 fully saturated rings. The molecule has 14 heteroatoms. The third-order valence-electron chi connectivity index (χ3n) is 4.58. The van der Waals surface area contributed by atoms with Gasteiger partial charge < -0.3 is 24.8 Å².